The predicted octanol–water partition coefficient (Wildman–Crippen LogP) is 0.833. The molecule has 2 aliphatic heterocycles. The lowest BCUT2D eigenvalue weighted by atomic mass is 10.2. The summed E-state index contributed by atoms with van der Waals surface area (Å²) >= 11 is 0. The van der Waals surface area contributed by atoms with E-state index in [1.165, 1.54) is 6.42 Å². The number of hydrogen-bond donors (Lipinski definition) is 0. The van der Waals surface area contributed by atoms with Crippen LogP contribution in [-0.2, 0) is 6.54 Å². The lowest BCUT2D eigenvalue weighted by Crippen LogP contribution is -2.48. The molecule has 0 spiro atoms. The molecule has 0 unspecified atom stereocenters. The van der Waals surface area contributed by atoms with Crippen molar-refractivity contribution >= 4 is 5.91 Å². The Bertz CT molecular complexity index is 454. The summed E-state index contributed by atoms with van der Waals surface area (Å²) in [6.45, 7) is 8.38. The van der Waals surface area contributed by atoms with E-state index in [1.54, 1.807) is 10.7 Å². The van der Waals surface area contributed by atoms with Crippen LogP contribution in [0.1, 0.15) is 30.3 Å². The van der Waals surface area contributed by atoms with Crippen LogP contribution in [0.3, 0.4) is 0 Å². The number of carbonyl (C=O) groups excluding carboxylic acids is 1. The second kappa shape index (κ2) is 5.83. The van der Waals surface area contributed by atoms with Crippen LogP contribution in [0, 0.1) is 0 Å². The maximum absolute atomic E-state index is 12.5. The van der Waals surface area contributed by atoms with Crippen LogP contribution in [0.4, 0.5) is 0 Å². The fourth-order valence-corrected chi connectivity index (χ4v) is 2.82. The highest BCUT2D eigenvalue weighted by Gasteiger charge is 2.25. The molecule has 0 bridgehead atoms. The highest BCUT2D eigenvalue weighted by molar-refractivity contribution is 5.92. The van der Waals surface area contributed by atoms with Crippen LogP contribution in [0.15, 0.2) is 6.07 Å². The van der Waals surface area contributed by atoms with Gasteiger partial charge in [0, 0.05) is 45.2 Å². The van der Waals surface area contributed by atoms with Gasteiger partial charge in [-0.1, -0.05) is 6.92 Å². The Balaban J connectivity index is 1.63. The third kappa shape index (κ3) is 2.65. The summed E-state index contributed by atoms with van der Waals surface area (Å²) in [6, 6.07) is 1.78. The molecule has 1 aromatic heterocycles. The van der Waals surface area contributed by atoms with Gasteiger partial charge < -0.3 is 9.64 Å². The van der Waals surface area contributed by atoms with Crippen molar-refractivity contribution in [1.82, 2.24) is 19.6 Å². The van der Waals surface area contributed by atoms with Gasteiger partial charge in [-0.05, 0) is 13.0 Å². The first-order valence-corrected chi connectivity index (χ1v) is 7.50. The third-order valence-electron chi connectivity index (χ3n) is 3.93. The van der Waals surface area contributed by atoms with Gasteiger partial charge >= 0.3 is 0 Å². The number of aryl methyl sites for hydroxylation is 1. The van der Waals surface area contributed by atoms with Crippen LogP contribution in [0.25, 0.3) is 0 Å². The fourth-order valence-electron chi connectivity index (χ4n) is 2.82. The summed E-state index contributed by atoms with van der Waals surface area (Å²) in [6.07, 6.45) is 2.12. The predicted molar refractivity (Wildman–Crippen MR) is 75.0 cm³/mol. The van der Waals surface area contributed by atoms with Crippen molar-refractivity contribution in [1.29, 1.82) is 0 Å². The molecule has 1 aromatic rings. The molecule has 20 heavy (non-hydrogen) atoms. The number of fused-ring (bicyclic) bond motifs is 1. The van der Waals surface area contributed by atoms with Gasteiger partial charge in [0.2, 0.25) is 5.88 Å². The largest absolute Gasteiger partial charge is 0.478 e. The number of aromatic nitrogens is 2. The average Bonchev–Trinajstić information content (AvgIpc) is 2.91. The first-order valence-electron chi connectivity index (χ1n) is 7.50. The van der Waals surface area contributed by atoms with Crippen LogP contribution in [0.2, 0.25) is 0 Å². The molecule has 3 rings (SSSR count). The minimum absolute atomic E-state index is 0.0339. The minimum Gasteiger partial charge on any atom is -0.478 e. The Morgan fingerprint density at radius 3 is 2.80 bits per heavy atom. The fraction of sp³-hybridized carbons (Fsp3) is 0.714. The van der Waals surface area contributed by atoms with Gasteiger partial charge in [-0.25, -0.2) is 4.68 Å². The molecule has 3 heterocycles. The van der Waals surface area contributed by atoms with Crippen molar-refractivity contribution in [3.8, 4) is 5.88 Å². The van der Waals surface area contributed by atoms with Crippen molar-refractivity contribution in [2.75, 3.05) is 39.3 Å². The maximum Gasteiger partial charge on any atom is 0.274 e. The number of nitrogens with zero attached hydrogens (tertiary/aromatic N) is 4. The van der Waals surface area contributed by atoms with Gasteiger partial charge in [0.1, 0.15) is 0 Å². The average molecular weight is 278 g/mol. The van der Waals surface area contributed by atoms with Gasteiger partial charge in [0.25, 0.3) is 5.91 Å². The van der Waals surface area contributed by atoms with E-state index in [9.17, 15) is 4.79 Å². The molecular weight excluding hydrogens is 256 g/mol. The molecule has 0 aliphatic carbocycles. The second-order valence-corrected chi connectivity index (χ2v) is 5.43. The molecule has 0 atom stereocenters. The maximum atomic E-state index is 12.5. The number of piperazine rings is 1. The molecule has 1 fully saturated rings. The highest BCUT2D eigenvalue weighted by Crippen LogP contribution is 2.19. The Kier molecular flexibility index (Phi) is 3.91. The molecule has 2 aliphatic rings. The van der Waals surface area contributed by atoms with Crippen molar-refractivity contribution in [3.05, 3.63) is 11.8 Å². The van der Waals surface area contributed by atoms with Crippen molar-refractivity contribution in [2.24, 2.45) is 0 Å². The summed E-state index contributed by atoms with van der Waals surface area (Å²) in [5.74, 6) is 0.760. The summed E-state index contributed by atoms with van der Waals surface area (Å²) in [7, 11) is 0. The van der Waals surface area contributed by atoms with Crippen molar-refractivity contribution in [3.63, 3.8) is 0 Å². The SMILES string of the molecule is CCCN1CCN(C(=O)c2cc3n(n2)CCCO3)CC1. The van der Waals surface area contributed by atoms with Gasteiger partial charge in [-0.2, -0.15) is 5.10 Å². The Morgan fingerprint density at radius 1 is 1.30 bits per heavy atom. The van der Waals surface area contributed by atoms with Crippen LogP contribution in [0.5, 0.6) is 5.88 Å². The molecule has 0 N–H and O–H groups in total. The third-order valence-corrected chi connectivity index (χ3v) is 3.93. The summed E-state index contributed by atoms with van der Waals surface area (Å²) in [5.41, 5.74) is 0.519. The second-order valence-electron chi connectivity index (χ2n) is 5.43. The molecule has 110 valence electrons. The van der Waals surface area contributed by atoms with Crippen LogP contribution >= 0.6 is 0 Å². The van der Waals surface area contributed by atoms with Gasteiger partial charge in [-0.15, -0.1) is 0 Å². The zero-order valence-electron chi connectivity index (χ0n) is 12.0. The number of hydrogen-bond acceptors (Lipinski definition) is 4. The van der Waals surface area contributed by atoms with E-state index in [1.807, 2.05) is 4.90 Å². The quantitative estimate of drug-likeness (QED) is 0.822. The van der Waals surface area contributed by atoms with E-state index in [0.717, 1.165) is 58.2 Å². The first-order chi connectivity index (χ1) is 9.78. The molecule has 1 amide bonds. The standard InChI is InChI=1S/C14H22N4O2/c1-2-4-16-6-8-17(9-7-16)14(19)12-11-13-18(15-12)5-3-10-20-13/h11H,2-10H2,1H3. The summed E-state index contributed by atoms with van der Waals surface area (Å²) < 4.78 is 7.31. The lowest BCUT2D eigenvalue weighted by molar-refractivity contribution is 0.0631. The van der Waals surface area contributed by atoms with Crippen LogP contribution in [-0.4, -0.2) is 64.8 Å². The first kappa shape index (κ1) is 13.4. The Hall–Kier alpha value is -1.56. The van der Waals surface area contributed by atoms with Crippen LogP contribution < -0.4 is 4.74 Å². The zero-order valence-corrected chi connectivity index (χ0v) is 12.0. The molecule has 6 heteroatoms. The highest BCUT2D eigenvalue weighted by atomic mass is 16.5. The normalized spacial score (nSPS) is 19.6. The molecule has 0 radical (unpaired) electrons. The molecular formula is C14H22N4O2. The van der Waals surface area contributed by atoms with E-state index >= 15 is 0 Å². The molecule has 6 nitrogen and oxygen atoms in total. The monoisotopic (exact) mass is 278 g/mol. The smallest absolute Gasteiger partial charge is 0.274 e. The van der Waals surface area contributed by atoms with E-state index in [2.05, 4.69) is 16.9 Å². The van der Waals surface area contributed by atoms with Gasteiger partial charge in [0.05, 0.1) is 6.61 Å². The summed E-state index contributed by atoms with van der Waals surface area (Å²) in [5, 5.41) is 4.37. The topological polar surface area (TPSA) is 50.6 Å². The summed E-state index contributed by atoms with van der Waals surface area (Å²) in [4.78, 5) is 16.8. The van der Waals surface area contributed by atoms with Gasteiger partial charge in [-0.3, -0.25) is 9.69 Å². The Labute approximate surface area is 119 Å². The van der Waals surface area contributed by atoms with E-state index < -0.39 is 0 Å². The zero-order chi connectivity index (χ0) is 13.9. The van der Waals surface area contributed by atoms with E-state index in [4.69, 9.17) is 4.74 Å². The van der Waals surface area contributed by atoms with E-state index in [0.29, 0.717) is 5.69 Å². The number of amides is 1. The van der Waals surface area contributed by atoms with Gasteiger partial charge in [0.15, 0.2) is 5.69 Å². The van der Waals surface area contributed by atoms with Crippen molar-refractivity contribution in [2.45, 2.75) is 26.3 Å². The minimum atomic E-state index is 0.0339. The number of carbonyl (C=O) groups is 1. The molecule has 1 saturated heterocycles. The van der Waals surface area contributed by atoms with Crippen molar-refractivity contribution < 1.29 is 9.53 Å². The Morgan fingerprint density at radius 2 is 2.10 bits per heavy atom. The molecule has 0 aromatic carbocycles. The number of ether oxygens (including phenoxy) is 1. The molecule has 0 saturated carbocycles. The number of rotatable bonds is 3. The van der Waals surface area contributed by atoms with E-state index in [-0.39, 0.29) is 5.91 Å². The lowest BCUT2D eigenvalue weighted by Gasteiger charge is -2.34.